The monoisotopic (exact) mass is 548 g/mol. The molecule has 1 aliphatic rings. The molecule has 6 nitrogen and oxygen atoms in total. The number of carbonyl (C=O) groups excluding carboxylic acids is 2. The smallest absolute Gasteiger partial charge is 0.242 e. The SMILES string of the molecule is CCOc1ccc(CCC(=O)N(Cc2ccc(Cl)cc2Cl)C(C)C(=O)NC2CCCCC2)cc1OCC. The Bertz CT molecular complexity index is 1060. The van der Waals surface area contributed by atoms with E-state index in [-0.39, 0.29) is 30.8 Å². The average molecular weight is 550 g/mol. The molecule has 37 heavy (non-hydrogen) atoms. The number of benzene rings is 2. The maximum atomic E-state index is 13.5. The maximum Gasteiger partial charge on any atom is 0.242 e. The minimum Gasteiger partial charge on any atom is -0.490 e. The van der Waals surface area contributed by atoms with Gasteiger partial charge in [-0.1, -0.05) is 54.6 Å². The molecule has 0 aliphatic heterocycles. The van der Waals surface area contributed by atoms with Crippen LogP contribution < -0.4 is 14.8 Å². The quantitative estimate of drug-likeness (QED) is 0.324. The number of hydrogen-bond donors (Lipinski definition) is 1. The van der Waals surface area contributed by atoms with Crippen LogP contribution in [0.1, 0.15) is 70.4 Å². The molecule has 0 spiro atoms. The second-order valence-corrected chi connectivity index (χ2v) is 10.3. The summed E-state index contributed by atoms with van der Waals surface area (Å²) in [6.45, 7) is 6.92. The predicted octanol–water partition coefficient (Wildman–Crippen LogP) is 6.59. The van der Waals surface area contributed by atoms with Crippen molar-refractivity contribution in [1.29, 1.82) is 0 Å². The molecule has 2 amide bonds. The highest BCUT2D eigenvalue weighted by Gasteiger charge is 2.28. The van der Waals surface area contributed by atoms with Gasteiger partial charge in [-0.15, -0.1) is 0 Å². The molecule has 1 N–H and O–H groups in total. The Morgan fingerprint density at radius 1 is 1.00 bits per heavy atom. The van der Waals surface area contributed by atoms with Crippen molar-refractivity contribution in [1.82, 2.24) is 10.2 Å². The number of hydrogen-bond acceptors (Lipinski definition) is 4. The van der Waals surface area contributed by atoms with Crippen LogP contribution in [0, 0.1) is 0 Å². The zero-order chi connectivity index (χ0) is 26.8. The lowest BCUT2D eigenvalue weighted by atomic mass is 9.95. The fraction of sp³-hybridized carbons (Fsp3) is 0.517. The van der Waals surface area contributed by atoms with Crippen LogP contribution >= 0.6 is 23.2 Å². The third-order valence-corrected chi connectivity index (χ3v) is 7.30. The molecule has 2 aromatic carbocycles. The molecule has 1 atom stereocenters. The van der Waals surface area contributed by atoms with Gasteiger partial charge in [0.25, 0.3) is 0 Å². The van der Waals surface area contributed by atoms with Crippen molar-refractivity contribution >= 4 is 35.0 Å². The molecular formula is C29H38Cl2N2O4. The molecule has 0 heterocycles. The van der Waals surface area contributed by atoms with Crippen LogP contribution in [-0.4, -0.2) is 42.0 Å². The van der Waals surface area contributed by atoms with Gasteiger partial charge in [-0.25, -0.2) is 0 Å². The van der Waals surface area contributed by atoms with Crippen molar-refractivity contribution in [2.45, 2.75) is 84.3 Å². The summed E-state index contributed by atoms with van der Waals surface area (Å²) >= 11 is 12.5. The Hall–Kier alpha value is -2.44. The zero-order valence-corrected chi connectivity index (χ0v) is 23.5. The van der Waals surface area contributed by atoms with E-state index in [2.05, 4.69) is 5.32 Å². The lowest BCUT2D eigenvalue weighted by Crippen LogP contribution is -2.50. The van der Waals surface area contributed by atoms with Gasteiger partial charge in [0.1, 0.15) is 6.04 Å². The topological polar surface area (TPSA) is 67.9 Å². The summed E-state index contributed by atoms with van der Waals surface area (Å²) in [5.74, 6) is 1.10. The molecule has 202 valence electrons. The largest absolute Gasteiger partial charge is 0.490 e. The summed E-state index contributed by atoms with van der Waals surface area (Å²) < 4.78 is 11.4. The van der Waals surface area contributed by atoms with E-state index in [9.17, 15) is 9.59 Å². The van der Waals surface area contributed by atoms with E-state index < -0.39 is 6.04 Å². The highest BCUT2D eigenvalue weighted by atomic mass is 35.5. The van der Waals surface area contributed by atoms with Gasteiger partial charge >= 0.3 is 0 Å². The van der Waals surface area contributed by atoms with Gasteiger partial charge in [0.05, 0.1) is 13.2 Å². The Balaban J connectivity index is 1.75. The first-order chi connectivity index (χ1) is 17.8. The Kier molecular flexibility index (Phi) is 11.4. The van der Waals surface area contributed by atoms with E-state index in [1.807, 2.05) is 32.0 Å². The summed E-state index contributed by atoms with van der Waals surface area (Å²) in [6, 6.07) is 10.5. The summed E-state index contributed by atoms with van der Waals surface area (Å²) in [7, 11) is 0. The summed E-state index contributed by atoms with van der Waals surface area (Å²) in [6.07, 6.45) is 6.16. The predicted molar refractivity (Wildman–Crippen MR) is 149 cm³/mol. The van der Waals surface area contributed by atoms with E-state index in [1.165, 1.54) is 6.42 Å². The van der Waals surface area contributed by atoms with Crippen LogP contribution in [0.4, 0.5) is 0 Å². The molecule has 0 saturated heterocycles. The van der Waals surface area contributed by atoms with Gasteiger partial charge in [0, 0.05) is 29.1 Å². The fourth-order valence-corrected chi connectivity index (χ4v) is 5.10. The molecule has 0 aromatic heterocycles. The number of aryl methyl sites for hydroxylation is 1. The van der Waals surface area contributed by atoms with Gasteiger partial charge in [0.2, 0.25) is 11.8 Å². The second kappa shape index (κ2) is 14.5. The van der Waals surface area contributed by atoms with Gasteiger partial charge in [-0.2, -0.15) is 0 Å². The van der Waals surface area contributed by atoms with Crippen molar-refractivity contribution in [3.8, 4) is 11.5 Å². The van der Waals surface area contributed by atoms with Gasteiger partial charge in [-0.3, -0.25) is 9.59 Å². The highest BCUT2D eigenvalue weighted by molar-refractivity contribution is 6.35. The lowest BCUT2D eigenvalue weighted by Gasteiger charge is -2.31. The normalized spacial score (nSPS) is 14.6. The molecule has 1 saturated carbocycles. The first-order valence-corrected chi connectivity index (χ1v) is 14.0. The summed E-state index contributed by atoms with van der Waals surface area (Å²) in [4.78, 5) is 28.3. The van der Waals surface area contributed by atoms with Crippen molar-refractivity contribution in [3.05, 3.63) is 57.6 Å². The van der Waals surface area contributed by atoms with E-state index in [1.54, 1.807) is 30.0 Å². The zero-order valence-electron chi connectivity index (χ0n) is 22.0. The van der Waals surface area contributed by atoms with Crippen molar-refractivity contribution < 1.29 is 19.1 Å². The molecular weight excluding hydrogens is 511 g/mol. The number of nitrogens with zero attached hydrogens (tertiary/aromatic N) is 1. The van der Waals surface area contributed by atoms with Gasteiger partial charge in [0.15, 0.2) is 11.5 Å². The molecule has 3 rings (SSSR count). The summed E-state index contributed by atoms with van der Waals surface area (Å²) in [5, 5.41) is 4.15. The van der Waals surface area contributed by atoms with Crippen molar-refractivity contribution in [2.24, 2.45) is 0 Å². The molecule has 0 bridgehead atoms. The lowest BCUT2D eigenvalue weighted by molar-refractivity contribution is -0.141. The standard InChI is InChI=1S/C29H38Cl2N2O4/c1-4-36-26-15-11-21(17-27(26)37-5-2)12-16-28(34)33(19-22-13-14-23(30)18-25(22)31)20(3)29(35)32-24-9-7-6-8-10-24/h11,13-15,17-18,20,24H,4-10,12,16,19H2,1-3H3,(H,32,35). The second-order valence-electron chi connectivity index (χ2n) is 9.42. The number of ether oxygens (including phenoxy) is 2. The molecule has 1 unspecified atom stereocenters. The fourth-order valence-electron chi connectivity index (χ4n) is 4.63. The van der Waals surface area contributed by atoms with Crippen LogP contribution in [0.5, 0.6) is 11.5 Å². The van der Waals surface area contributed by atoms with Crippen molar-refractivity contribution in [3.63, 3.8) is 0 Å². The van der Waals surface area contributed by atoms with Crippen LogP contribution in [0.15, 0.2) is 36.4 Å². The maximum absolute atomic E-state index is 13.5. The van der Waals surface area contributed by atoms with Crippen LogP contribution in [0.25, 0.3) is 0 Å². The third kappa shape index (κ3) is 8.54. The Morgan fingerprint density at radius 3 is 2.38 bits per heavy atom. The molecule has 8 heteroatoms. The van der Waals surface area contributed by atoms with Crippen LogP contribution in [0.3, 0.4) is 0 Å². The number of halogens is 2. The highest BCUT2D eigenvalue weighted by Crippen LogP contribution is 2.29. The van der Waals surface area contributed by atoms with E-state index >= 15 is 0 Å². The number of rotatable bonds is 12. The van der Waals surface area contributed by atoms with Crippen molar-refractivity contribution in [2.75, 3.05) is 13.2 Å². The third-order valence-electron chi connectivity index (χ3n) is 6.71. The molecule has 1 aliphatic carbocycles. The molecule has 0 radical (unpaired) electrons. The molecule has 2 aromatic rings. The van der Waals surface area contributed by atoms with Gasteiger partial charge < -0.3 is 19.7 Å². The summed E-state index contributed by atoms with van der Waals surface area (Å²) in [5.41, 5.74) is 1.71. The first kappa shape index (κ1) is 29.1. The number of nitrogens with one attached hydrogen (secondary N) is 1. The van der Waals surface area contributed by atoms with Crippen LogP contribution in [-0.2, 0) is 22.6 Å². The first-order valence-electron chi connectivity index (χ1n) is 13.2. The van der Waals surface area contributed by atoms with E-state index in [4.69, 9.17) is 32.7 Å². The van der Waals surface area contributed by atoms with E-state index in [0.717, 1.165) is 36.8 Å². The Morgan fingerprint density at radius 2 is 1.70 bits per heavy atom. The minimum atomic E-state index is -0.638. The minimum absolute atomic E-state index is 0.121. The number of amides is 2. The molecule has 1 fully saturated rings. The number of carbonyl (C=O) groups is 2. The average Bonchev–Trinajstić information content (AvgIpc) is 2.88. The van der Waals surface area contributed by atoms with Crippen LogP contribution in [0.2, 0.25) is 10.0 Å². The van der Waals surface area contributed by atoms with Gasteiger partial charge in [-0.05, 0) is 75.4 Å². The Labute approximate surface area is 230 Å². The van der Waals surface area contributed by atoms with E-state index in [0.29, 0.717) is 41.2 Å².